The normalized spacial score (nSPS) is 15.5. The number of nitrogens with one attached hydrogen (secondary N) is 1. The molecule has 5 heteroatoms. The van der Waals surface area contributed by atoms with E-state index in [0.717, 1.165) is 43.1 Å². The third-order valence-electron chi connectivity index (χ3n) is 4.12. The molecule has 1 saturated heterocycles. The molecule has 5 nitrogen and oxygen atoms in total. The molecule has 120 valence electrons. The number of aryl methyl sites for hydroxylation is 1. The van der Waals surface area contributed by atoms with E-state index in [1.54, 1.807) is 12.3 Å². The van der Waals surface area contributed by atoms with Crippen LogP contribution < -0.4 is 10.2 Å². The van der Waals surface area contributed by atoms with Crippen LogP contribution in [-0.4, -0.2) is 49.0 Å². The molecule has 1 aromatic heterocycles. The number of pyridine rings is 1. The number of hydrogen-bond acceptors (Lipinski definition) is 4. The minimum absolute atomic E-state index is 0.180. The lowest BCUT2D eigenvalue weighted by Crippen LogP contribution is -2.44. The fourth-order valence-electron chi connectivity index (χ4n) is 2.69. The third kappa shape index (κ3) is 3.87. The van der Waals surface area contributed by atoms with Gasteiger partial charge in [0, 0.05) is 31.9 Å². The van der Waals surface area contributed by atoms with Gasteiger partial charge in [-0.1, -0.05) is 12.1 Å². The van der Waals surface area contributed by atoms with Crippen molar-refractivity contribution in [3.63, 3.8) is 0 Å². The van der Waals surface area contributed by atoms with Gasteiger partial charge in [0.05, 0.1) is 11.9 Å². The predicted molar refractivity (Wildman–Crippen MR) is 93.1 cm³/mol. The minimum Gasteiger partial charge on any atom is -0.368 e. The highest BCUT2D eigenvalue weighted by Gasteiger charge is 2.15. The number of amides is 1. The molecule has 1 aliphatic rings. The topological polar surface area (TPSA) is 48.5 Å². The summed E-state index contributed by atoms with van der Waals surface area (Å²) in [5.41, 5.74) is 3.41. The highest BCUT2D eigenvalue weighted by molar-refractivity contribution is 6.02. The van der Waals surface area contributed by atoms with Crippen LogP contribution in [0.25, 0.3) is 0 Å². The smallest absolute Gasteiger partial charge is 0.274 e. The largest absolute Gasteiger partial charge is 0.368 e. The van der Waals surface area contributed by atoms with Crippen molar-refractivity contribution in [1.82, 2.24) is 9.88 Å². The Morgan fingerprint density at radius 3 is 2.57 bits per heavy atom. The molecule has 0 spiro atoms. The van der Waals surface area contributed by atoms with Crippen molar-refractivity contribution in [2.24, 2.45) is 0 Å². The Morgan fingerprint density at radius 1 is 1.13 bits per heavy atom. The van der Waals surface area contributed by atoms with Crippen LogP contribution in [-0.2, 0) is 0 Å². The molecule has 3 rings (SSSR count). The van der Waals surface area contributed by atoms with Gasteiger partial charge >= 0.3 is 0 Å². The second kappa shape index (κ2) is 6.79. The van der Waals surface area contributed by atoms with E-state index < -0.39 is 0 Å². The maximum Gasteiger partial charge on any atom is 0.274 e. The van der Waals surface area contributed by atoms with Crippen molar-refractivity contribution in [1.29, 1.82) is 0 Å². The van der Waals surface area contributed by atoms with Gasteiger partial charge < -0.3 is 15.1 Å². The average Bonchev–Trinajstić information content (AvgIpc) is 2.56. The first-order valence-electron chi connectivity index (χ1n) is 7.89. The quantitative estimate of drug-likeness (QED) is 0.946. The predicted octanol–water partition coefficient (Wildman–Crippen LogP) is 2.39. The number of carbonyl (C=O) groups excluding carboxylic acids is 1. The number of benzene rings is 1. The summed E-state index contributed by atoms with van der Waals surface area (Å²) in [4.78, 5) is 21.2. The van der Waals surface area contributed by atoms with Crippen LogP contribution in [0.2, 0.25) is 0 Å². The summed E-state index contributed by atoms with van der Waals surface area (Å²) in [6.07, 6.45) is 1.79. The summed E-state index contributed by atoms with van der Waals surface area (Å²) in [6, 6.07) is 11.5. The Bertz CT molecular complexity index is 676. The highest BCUT2D eigenvalue weighted by Crippen LogP contribution is 2.16. The second-order valence-corrected chi connectivity index (χ2v) is 6.02. The van der Waals surface area contributed by atoms with E-state index in [1.807, 2.05) is 37.3 Å². The standard InChI is InChI=1S/C18H22N4O/c1-14-4-3-5-15(12-14)20-18(23)17-7-6-16(13-19-17)22-10-8-21(2)9-11-22/h3-7,12-13H,8-11H2,1-2H3,(H,20,23). The van der Waals surface area contributed by atoms with E-state index in [0.29, 0.717) is 5.69 Å². The number of rotatable bonds is 3. The zero-order chi connectivity index (χ0) is 16.2. The van der Waals surface area contributed by atoms with Crippen molar-refractivity contribution in [3.05, 3.63) is 53.9 Å². The first-order valence-corrected chi connectivity index (χ1v) is 7.89. The van der Waals surface area contributed by atoms with Crippen LogP contribution in [0.5, 0.6) is 0 Å². The molecular weight excluding hydrogens is 288 g/mol. The Labute approximate surface area is 136 Å². The second-order valence-electron chi connectivity index (χ2n) is 6.02. The molecule has 1 fully saturated rings. The molecule has 23 heavy (non-hydrogen) atoms. The summed E-state index contributed by atoms with van der Waals surface area (Å²) in [6.45, 7) is 6.09. The van der Waals surface area contributed by atoms with Crippen LogP contribution in [0.4, 0.5) is 11.4 Å². The van der Waals surface area contributed by atoms with Crippen LogP contribution in [0.15, 0.2) is 42.6 Å². The van der Waals surface area contributed by atoms with E-state index in [2.05, 4.69) is 27.1 Å². The highest BCUT2D eigenvalue weighted by atomic mass is 16.1. The van der Waals surface area contributed by atoms with Gasteiger partial charge in [-0.3, -0.25) is 4.79 Å². The first-order chi connectivity index (χ1) is 11.1. The fourth-order valence-corrected chi connectivity index (χ4v) is 2.69. The molecule has 2 heterocycles. The number of anilines is 2. The SMILES string of the molecule is Cc1cccc(NC(=O)c2ccc(N3CCN(C)CC3)cn2)c1. The van der Waals surface area contributed by atoms with E-state index in [-0.39, 0.29) is 5.91 Å². The maximum atomic E-state index is 12.3. The van der Waals surface area contributed by atoms with Gasteiger partial charge in [-0.15, -0.1) is 0 Å². The maximum absolute atomic E-state index is 12.3. The zero-order valence-electron chi connectivity index (χ0n) is 13.6. The van der Waals surface area contributed by atoms with Crippen LogP contribution in [0.1, 0.15) is 16.1 Å². The molecule has 0 saturated carbocycles. The summed E-state index contributed by atoms with van der Waals surface area (Å²) in [5.74, 6) is -0.180. The van der Waals surface area contributed by atoms with E-state index in [9.17, 15) is 4.79 Å². The molecule has 1 aromatic carbocycles. The fraction of sp³-hybridized carbons (Fsp3) is 0.333. The number of nitrogens with zero attached hydrogens (tertiary/aromatic N) is 3. The lowest BCUT2D eigenvalue weighted by Gasteiger charge is -2.33. The van der Waals surface area contributed by atoms with E-state index in [1.165, 1.54) is 0 Å². The summed E-state index contributed by atoms with van der Waals surface area (Å²) >= 11 is 0. The van der Waals surface area contributed by atoms with E-state index >= 15 is 0 Å². The van der Waals surface area contributed by atoms with Crippen molar-refractivity contribution in [3.8, 4) is 0 Å². The molecule has 1 amide bonds. The number of likely N-dealkylation sites (N-methyl/N-ethyl adjacent to an activating group) is 1. The van der Waals surface area contributed by atoms with Gasteiger partial charge in [0.2, 0.25) is 0 Å². The van der Waals surface area contributed by atoms with Gasteiger partial charge in [0.25, 0.3) is 5.91 Å². The summed E-state index contributed by atoms with van der Waals surface area (Å²) in [5, 5.41) is 2.88. The zero-order valence-corrected chi connectivity index (χ0v) is 13.6. The van der Waals surface area contributed by atoms with Crippen LogP contribution in [0, 0.1) is 6.92 Å². The van der Waals surface area contributed by atoms with Gasteiger partial charge in [-0.05, 0) is 43.8 Å². The molecule has 0 atom stereocenters. The Hall–Kier alpha value is -2.40. The lowest BCUT2D eigenvalue weighted by molar-refractivity contribution is 0.102. The van der Waals surface area contributed by atoms with Gasteiger partial charge in [-0.25, -0.2) is 4.98 Å². The number of piperazine rings is 1. The molecule has 0 radical (unpaired) electrons. The van der Waals surface area contributed by atoms with Crippen molar-refractivity contribution in [2.45, 2.75) is 6.92 Å². The van der Waals surface area contributed by atoms with Crippen LogP contribution in [0.3, 0.4) is 0 Å². The molecular formula is C18H22N4O. The van der Waals surface area contributed by atoms with Crippen molar-refractivity contribution < 1.29 is 4.79 Å². The number of aromatic nitrogens is 1. The monoisotopic (exact) mass is 310 g/mol. The number of hydrogen-bond donors (Lipinski definition) is 1. The van der Waals surface area contributed by atoms with E-state index in [4.69, 9.17) is 0 Å². The molecule has 0 unspecified atom stereocenters. The van der Waals surface area contributed by atoms with Gasteiger partial charge in [0.15, 0.2) is 0 Å². The summed E-state index contributed by atoms with van der Waals surface area (Å²) < 4.78 is 0. The Kier molecular flexibility index (Phi) is 4.57. The van der Waals surface area contributed by atoms with Gasteiger partial charge in [-0.2, -0.15) is 0 Å². The van der Waals surface area contributed by atoms with Gasteiger partial charge in [0.1, 0.15) is 5.69 Å². The Balaban J connectivity index is 1.65. The molecule has 1 aliphatic heterocycles. The Morgan fingerprint density at radius 2 is 1.91 bits per heavy atom. The minimum atomic E-state index is -0.180. The third-order valence-corrected chi connectivity index (χ3v) is 4.12. The molecule has 0 aliphatic carbocycles. The number of carbonyl (C=O) groups is 1. The molecule has 2 aromatic rings. The lowest BCUT2D eigenvalue weighted by atomic mass is 10.2. The summed E-state index contributed by atoms with van der Waals surface area (Å²) in [7, 11) is 2.13. The molecule has 0 bridgehead atoms. The van der Waals surface area contributed by atoms with Crippen molar-refractivity contribution >= 4 is 17.3 Å². The first kappa shape index (κ1) is 15.5. The van der Waals surface area contributed by atoms with Crippen LogP contribution >= 0.6 is 0 Å². The molecule has 1 N–H and O–H groups in total. The van der Waals surface area contributed by atoms with Crippen molar-refractivity contribution in [2.75, 3.05) is 43.4 Å². The average molecular weight is 310 g/mol.